The highest BCUT2D eigenvalue weighted by Crippen LogP contribution is 2.22. The van der Waals surface area contributed by atoms with Gasteiger partial charge < -0.3 is 14.8 Å². The fraction of sp³-hybridized carbons (Fsp3) is 0.688. The molecule has 5 nitrogen and oxygen atoms in total. The molecular formula is C16H27N3O2. The summed E-state index contributed by atoms with van der Waals surface area (Å²) in [7, 11) is 0. The summed E-state index contributed by atoms with van der Waals surface area (Å²) in [6.45, 7) is 12.0. The van der Waals surface area contributed by atoms with E-state index in [2.05, 4.69) is 29.0 Å². The Bertz CT molecular complexity index is 437. The Balaban J connectivity index is 1.90. The highest BCUT2D eigenvalue weighted by Gasteiger charge is 2.22. The molecule has 1 aliphatic rings. The topological polar surface area (TPSA) is 46.6 Å². The zero-order chi connectivity index (χ0) is 15.2. The Morgan fingerprint density at radius 1 is 1.43 bits per heavy atom. The van der Waals surface area contributed by atoms with Gasteiger partial charge in [-0.3, -0.25) is 4.90 Å². The number of ether oxygens (including phenoxy) is 2. The minimum absolute atomic E-state index is 0.114. The largest absolute Gasteiger partial charge is 0.473 e. The summed E-state index contributed by atoms with van der Waals surface area (Å²) < 4.78 is 11.6. The first-order valence-corrected chi connectivity index (χ1v) is 7.77. The Morgan fingerprint density at radius 2 is 2.24 bits per heavy atom. The van der Waals surface area contributed by atoms with Crippen molar-refractivity contribution < 1.29 is 9.47 Å². The molecule has 0 bridgehead atoms. The van der Waals surface area contributed by atoms with Crippen molar-refractivity contribution in [2.24, 2.45) is 0 Å². The Hall–Kier alpha value is -1.33. The van der Waals surface area contributed by atoms with Crippen molar-refractivity contribution in [3.63, 3.8) is 0 Å². The van der Waals surface area contributed by atoms with Gasteiger partial charge in [0, 0.05) is 31.9 Å². The summed E-state index contributed by atoms with van der Waals surface area (Å²) in [5, 5.41) is 3.41. The Kier molecular flexibility index (Phi) is 5.82. The van der Waals surface area contributed by atoms with E-state index in [0.29, 0.717) is 11.9 Å². The lowest BCUT2D eigenvalue weighted by atomic mass is 10.2. The van der Waals surface area contributed by atoms with Gasteiger partial charge in [0.15, 0.2) is 0 Å². The number of hydrogen-bond acceptors (Lipinski definition) is 5. The fourth-order valence-corrected chi connectivity index (χ4v) is 2.40. The molecule has 5 heteroatoms. The van der Waals surface area contributed by atoms with Crippen LogP contribution in [0, 0.1) is 0 Å². The van der Waals surface area contributed by atoms with Crippen molar-refractivity contribution in [1.29, 1.82) is 0 Å². The third-order valence-corrected chi connectivity index (χ3v) is 3.54. The number of rotatable bonds is 6. The summed E-state index contributed by atoms with van der Waals surface area (Å²) in [5.41, 5.74) is 0.927. The molecule has 118 valence electrons. The number of nitrogens with zero attached hydrogens (tertiary/aromatic N) is 2. The fourth-order valence-electron chi connectivity index (χ4n) is 2.40. The molecule has 1 N–H and O–H groups in total. The minimum atomic E-state index is 0.114. The molecule has 0 aliphatic carbocycles. The molecule has 2 heterocycles. The molecule has 1 saturated heterocycles. The molecule has 1 atom stereocenters. The van der Waals surface area contributed by atoms with Crippen LogP contribution in [0.25, 0.3) is 0 Å². The van der Waals surface area contributed by atoms with Crippen LogP contribution in [0.15, 0.2) is 18.3 Å². The molecule has 21 heavy (non-hydrogen) atoms. The number of hydrogen-bond donors (Lipinski definition) is 1. The van der Waals surface area contributed by atoms with E-state index >= 15 is 0 Å². The van der Waals surface area contributed by atoms with Gasteiger partial charge in [0.1, 0.15) is 0 Å². The third-order valence-electron chi connectivity index (χ3n) is 3.54. The first kappa shape index (κ1) is 16.0. The van der Waals surface area contributed by atoms with Gasteiger partial charge in [-0.2, -0.15) is 0 Å². The quantitative estimate of drug-likeness (QED) is 0.872. The molecule has 1 aromatic heterocycles. The number of morpholine rings is 1. The zero-order valence-corrected chi connectivity index (χ0v) is 13.5. The Labute approximate surface area is 127 Å². The maximum atomic E-state index is 5.84. The highest BCUT2D eigenvalue weighted by molar-refractivity contribution is 5.52. The van der Waals surface area contributed by atoms with Crippen molar-refractivity contribution in [2.45, 2.75) is 45.9 Å². The SMILES string of the molecule is CC(C)Oc1ncccc1NCC1CN(C(C)C)CCO1. The summed E-state index contributed by atoms with van der Waals surface area (Å²) in [6.07, 6.45) is 2.07. The maximum Gasteiger partial charge on any atom is 0.237 e. The van der Waals surface area contributed by atoms with Gasteiger partial charge in [-0.15, -0.1) is 0 Å². The van der Waals surface area contributed by atoms with Gasteiger partial charge in [-0.25, -0.2) is 4.98 Å². The minimum Gasteiger partial charge on any atom is -0.473 e. The molecule has 1 unspecified atom stereocenters. The predicted molar refractivity (Wildman–Crippen MR) is 84.9 cm³/mol. The van der Waals surface area contributed by atoms with Crippen LogP contribution in [-0.2, 0) is 4.74 Å². The van der Waals surface area contributed by atoms with Crippen LogP contribution < -0.4 is 10.1 Å². The van der Waals surface area contributed by atoms with E-state index < -0.39 is 0 Å². The molecule has 1 aromatic rings. The van der Waals surface area contributed by atoms with Crippen LogP contribution in [0.1, 0.15) is 27.7 Å². The van der Waals surface area contributed by atoms with E-state index in [0.717, 1.165) is 31.9 Å². The first-order valence-electron chi connectivity index (χ1n) is 7.77. The molecule has 0 saturated carbocycles. The molecule has 1 fully saturated rings. The zero-order valence-electron chi connectivity index (χ0n) is 13.5. The van der Waals surface area contributed by atoms with Gasteiger partial charge in [-0.05, 0) is 39.8 Å². The average Bonchev–Trinajstić information content (AvgIpc) is 2.46. The van der Waals surface area contributed by atoms with E-state index in [1.807, 2.05) is 26.0 Å². The number of aromatic nitrogens is 1. The highest BCUT2D eigenvalue weighted by atomic mass is 16.5. The van der Waals surface area contributed by atoms with Gasteiger partial charge in [-0.1, -0.05) is 0 Å². The van der Waals surface area contributed by atoms with Crippen LogP contribution in [0.3, 0.4) is 0 Å². The van der Waals surface area contributed by atoms with E-state index in [1.54, 1.807) is 6.20 Å². The normalized spacial score (nSPS) is 20.0. The van der Waals surface area contributed by atoms with Gasteiger partial charge >= 0.3 is 0 Å². The third kappa shape index (κ3) is 4.86. The standard InChI is InChI=1S/C16H27N3O2/c1-12(2)19-8-9-20-14(11-19)10-18-15-6-5-7-17-16(15)21-13(3)4/h5-7,12-14,18H,8-11H2,1-4H3. The molecular weight excluding hydrogens is 266 g/mol. The van der Waals surface area contributed by atoms with Crippen LogP contribution in [-0.4, -0.2) is 54.4 Å². The molecule has 0 radical (unpaired) electrons. The summed E-state index contributed by atoms with van der Waals surface area (Å²) in [4.78, 5) is 6.74. The van der Waals surface area contributed by atoms with Crippen LogP contribution >= 0.6 is 0 Å². The number of pyridine rings is 1. The van der Waals surface area contributed by atoms with Crippen molar-refractivity contribution in [1.82, 2.24) is 9.88 Å². The van der Waals surface area contributed by atoms with Crippen molar-refractivity contribution >= 4 is 5.69 Å². The van der Waals surface area contributed by atoms with E-state index in [-0.39, 0.29) is 12.2 Å². The maximum absolute atomic E-state index is 5.84. The second-order valence-electron chi connectivity index (χ2n) is 5.99. The first-order chi connectivity index (χ1) is 10.1. The summed E-state index contributed by atoms with van der Waals surface area (Å²) in [6, 6.07) is 4.47. The Morgan fingerprint density at radius 3 is 2.95 bits per heavy atom. The van der Waals surface area contributed by atoms with Crippen LogP contribution in [0.2, 0.25) is 0 Å². The number of nitrogens with one attached hydrogen (secondary N) is 1. The smallest absolute Gasteiger partial charge is 0.237 e. The van der Waals surface area contributed by atoms with Crippen LogP contribution in [0.5, 0.6) is 5.88 Å². The molecule has 2 rings (SSSR count). The van der Waals surface area contributed by atoms with E-state index in [1.165, 1.54) is 0 Å². The number of anilines is 1. The molecule has 1 aliphatic heterocycles. The second kappa shape index (κ2) is 7.61. The van der Waals surface area contributed by atoms with Gasteiger partial charge in [0.2, 0.25) is 5.88 Å². The van der Waals surface area contributed by atoms with Crippen molar-refractivity contribution in [3.05, 3.63) is 18.3 Å². The van der Waals surface area contributed by atoms with E-state index in [9.17, 15) is 0 Å². The molecule has 0 aromatic carbocycles. The van der Waals surface area contributed by atoms with Gasteiger partial charge in [0.25, 0.3) is 0 Å². The lowest BCUT2D eigenvalue weighted by Gasteiger charge is -2.35. The molecule has 0 spiro atoms. The lowest BCUT2D eigenvalue weighted by molar-refractivity contribution is -0.0315. The van der Waals surface area contributed by atoms with E-state index in [4.69, 9.17) is 9.47 Å². The summed E-state index contributed by atoms with van der Waals surface area (Å²) in [5.74, 6) is 0.657. The second-order valence-corrected chi connectivity index (χ2v) is 5.99. The lowest BCUT2D eigenvalue weighted by Crippen LogP contribution is -2.48. The van der Waals surface area contributed by atoms with Crippen LogP contribution in [0.4, 0.5) is 5.69 Å². The monoisotopic (exact) mass is 293 g/mol. The van der Waals surface area contributed by atoms with Gasteiger partial charge in [0.05, 0.1) is 24.5 Å². The predicted octanol–water partition coefficient (Wildman–Crippen LogP) is 2.39. The average molecular weight is 293 g/mol. The van der Waals surface area contributed by atoms with Crippen molar-refractivity contribution in [3.8, 4) is 5.88 Å². The summed E-state index contributed by atoms with van der Waals surface area (Å²) >= 11 is 0. The molecule has 0 amide bonds. The van der Waals surface area contributed by atoms with Crippen molar-refractivity contribution in [2.75, 3.05) is 31.6 Å².